The zero-order valence-corrected chi connectivity index (χ0v) is 14.7. The highest BCUT2D eigenvalue weighted by Crippen LogP contribution is 2.27. The number of aromatic nitrogens is 3. The first-order chi connectivity index (χ1) is 13.2. The lowest BCUT2D eigenvalue weighted by molar-refractivity contribution is 0.0948. The number of aryl methyl sites for hydroxylation is 1. The van der Waals surface area contributed by atoms with Crippen molar-refractivity contribution in [3.63, 3.8) is 0 Å². The molecule has 0 unspecified atom stereocenters. The molecule has 0 aliphatic rings. The zero-order valence-electron chi connectivity index (χ0n) is 14.7. The molecule has 1 amide bonds. The van der Waals surface area contributed by atoms with Crippen LogP contribution in [0.4, 0.5) is 0 Å². The van der Waals surface area contributed by atoms with E-state index in [1.165, 1.54) is 10.9 Å². The van der Waals surface area contributed by atoms with Crippen LogP contribution in [0.25, 0.3) is 22.2 Å². The van der Waals surface area contributed by atoms with E-state index in [4.69, 9.17) is 0 Å². The van der Waals surface area contributed by atoms with Crippen molar-refractivity contribution >= 4 is 16.8 Å². The average molecular weight is 360 g/mol. The Kier molecular flexibility index (Phi) is 4.61. The number of H-pyrrole nitrogens is 1. The van der Waals surface area contributed by atoms with Crippen LogP contribution in [0.3, 0.4) is 0 Å². The van der Waals surface area contributed by atoms with Crippen LogP contribution < -0.4 is 5.32 Å². The Morgan fingerprint density at radius 3 is 2.81 bits per heavy atom. The number of fused-ring (bicyclic) bond motifs is 1. The third-order valence-electron chi connectivity index (χ3n) is 4.54. The van der Waals surface area contributed by atoms with Crippen LogP contribution in [0.2, 0.25) is 0 Å². The fraction of sp³-hybridized carbons (Fsp3) is 0.143. The summed E-state index contributed by atoms with van der Waals surface area (Å²) in [6.45, 7) is 1.40. The molecule has 2 aromatic heterocycles. The Labute approximate surface area is 156 Å². The van der Waals surface area contributed by atoms with Gasteiger partial charge in [-0.3, -0.25) is 9.89 Å². The van der Waals surface area contributed by atoms with Gasteiger partial charge in [-0.25, -0.2) is 0 Å². The summed E-state index contributed by atoms with van der Waals surface area (Å²) in [6.07, 6.45) is 2.89. The molecule has 0 aliphatic carbocycles. The van der Waals surface area contributed by atoms with Gasteiger partial charge in [-0.15, -0.1) is 0 Å². The Morgan fingerprint density at radius 2 is 1.93 bits per heavy atom. The fourth-order valence-corrected chi connectivity index (χ4v) is 3.15. The minimum Gasteiger partial charge on any atom is -0.507 e. The summed E-state index contributed by atoms with van der Waals surface area (Å²) in [7, 11) is 0. The molecular formula is C21H20N4O2. The number of hydrogen-bond donors (Lipinski definition) is 3. The van der Waals surface area contributed by atoms with Crippen molar-refractivity contribution in [3.8, 4) is 17.0 Å². The number of phenolic OH excluding ortho intramolecular Hbond substituents is 1. The van der Waals surface area contributed by atoms with E-state index in [-0.39, 0.29) is 11.7 Å². The van der Waals surface area contributed by atoms with Gasteiger partial charge in [0.15, 0.2) is 0 Å². The average Bonchev–Trinajstić information content (AvgIpc) is 3.33. The number of aromatic amines is 1. The summed E-state index contributed by atoms with van der Waals surface area (Å²) in [5.74, 6) is -0.0727. The second-order valence-electron chi connectivity index (χ2n) is 6.36. The van der Waals surface area contributed by atoms with Crippen molar-refractivity contribution in [2.24, 2.45) is 0 Å². The van der Waals surface area contributed by atoms with Gasteiger partial charge >= 0.3 is 0 Å². The summed E-state index contributed by atoms with van der Waals surface area (Å²) < 4.78 is 2.19. The predicted molar refractivity (Wildman–Crippen MR) is 105 cm³/mol. The van der Waals surface area contributed by atoms with Gasteiger partial charge in [0.2, 0.25) is 0 Å². The third-order valence-corrected chi connectivity index (χ3v) is 4.54. The van der Waals surface area contributed by atoms with Gasteiger partial charge in [0.05, 0.1) is 5.69 Å². The van der Waals surface area contributed by atoms with Crippen molar-refractivity contribution < 1.29 is 9.90 Å². The first-order valence-corrected chi connectivity index (χ1v) is 8.88. The van der Waals surface area contributed by atoms with Crippen molar-refractivity contribution in [2.75, 3.05) is 6.54 Å². The Bertz CT molecular complexity index is 1080. The molecule has 0 fully saturated rings. The number of rotatable bonds is 6. The SMILES string of the molecule is O=C(NCCCn1ccc2ccccc21)c1cc(-c2ccccc2O)n[nH]1. The number of para-hydroxylation sites is 2. The van der Waals surface area contributed by atoms with Gasteiger partial charge in [0, 0.05) is 30.4 Å². The fourth-order valence-electron chi connectivity index (χ4n) is 3.15. The van der Waals surface area contributed by atoms with Gasteiger partial charge in [0.25, 0.3) is 5.91 Å². The number of benzene rings is 2. The molecule has 2 heterocycles. The molecule has 2 aromatic carbocycles. The van der Waals surface area contributed by atoms with E-state index in [1.807, 2.05) is 18.2 Å². The molecule has 0 bridgehead atoms. The largest absolute Gasteiger partial charge is 0.507 e. The van der Waals surface area contributed by atoms with Crippen LogP contribution in [0.1, 0.15) is 16.9 Å². The van der Waals surface area contributed by atoms with E-state index in [2.05, 4.69) is 44.5 Å². The number of phenols is 1. The molecule has 4 aromatic rings. The first kappa shape index (κ1) is 16.9. The number of nitrogens with zero attached hydrogens (tertiary/aromatic N) is 2. The van der Waals surface area contributed by atoms with Gasteiger partial charge in [-0.2, -0.15) is 5.10 Å². The van der Waals surface area contributed by atoms with Gasteiger partial charge in [0.1, 0.15) is 11.4 Å². The minimum absolute atomic E-state index is 0.134. The van der Waals surface area contributed by atoms with E-state index >= 15 is 0 Å². The number of carbonyl (C=O) groups is 1. The topological polar surface area (TPSA) is 82.9 Å². The Morgan fingerprint density at radius 1 is 1.11 bits per heavy atom. The maximum Gasteiger partial charge on any atom is 0.269 e. The van der Waals surface area contributed by atoms with E-state index in [1.54, 1.807) is 24.3 Å². The molecule has 0 saturated heterocycles. The normalized spacial score (nSPS) is 11.0. The van der Waals surface area contributed by atoms with Crippen LogP contribution in [-0.4, -0.2) is 32.3 Å². The predicted octanol–water partition coefficient (Wildman–Crippen LogP) is 3.56. The highest BCUT2D eigenvalue weighted by Gasteiger charge is 2.12. The molecule has 6 heteroatoms. The van der Waals surface area contributed by atoms with Crippen LogP contribution in [0.5, 0.6) is 5.75 Å². The van der Waals surface area contributed by atoms with E-state index in [0.717, 1.165) is 13.0 Å². The number of carbonyl (C=O) groups excluding carboxylic acids is 1. The summed E-state index contributed by atoms with van der Waals surface area (Å²) in [5.41, 5.74) is 2.70. The quantitative estimate of drug-likeness (QED) is 0.460. The molecule has 136 valence electrons. The van der Waals surface area contributed by atoms with Gasteiger partial charge in [-0.1, -0.05) is 30.3 Å². The monoisotopic (exact) mass is 360 g/mol. The van der Waals surface area contributed by atoms with Gasteiger partial charge < -0.3 is 15.0 Å². The highest BCUT2D eigenvalue weighted by atomic mass is 16.3. The van der Waals surface area contributed by atoms with Crippen molar-refractivity contribution in [3.05, 3.63) is 72.6 Å². The standard InChI is InChI=1S/C21H20N4O2/c26-20-9-4-2-7-16(20)17-14-18(24-23-17)21(27)22-11-5-12-25-13-10-15-6-1-3-8-19(15)25/h1-4,6-10,13-14,26H,5,11-12H2,(H,22,27)(H,23,24). The second-order valence-corrected chi connectivity index (χ2v) is 6.36. The smallest absolute Gasteiger partial charge is 0.269 e. The summed E-state index contributed by atoms with van der Waals surface area (Å²) in [4.78, 5) is 12.3. The maximum absolute atomic E-state index is 12.3. The number of aromatic hydroxyl groups is 1. The Hall–Kier alpha value is -3.54. The van der Waals surface area contributed by atoms with E-state index in [9.17, 15) is 9.90 Å². The first-order valence-electron chi connectivity index (χ1n) is 8.88. The molecule has 0 radical (unpaired) electrons. The van der Waals surface area contributed by atoms with Gasteiger partial charge in [-0.05, 0) is 42.1 Å². The molecule has 3 N–H and O–H groups in total. The van der Waals surface area contributed by atoms with Crippen molar-refractivity contribution in [1.29, 1.82) is 0 Å². The lowest BCUT2D eigenvalue weighted by atomic mass is 10.1. The van der Waals surface area contributed by atoms with Crippen LogP contribution in [0, 0.1) is 0 Å². The van der Waals surface area contributed by atoms with E-state index in [0.29, 0.717) is 23.5 Å². The molecule has 4 rings (SSSR count). The lowest BCUT2D eigenvalue weighted by Crippen LogP contribution is -2.25. The molecule has 0 spiro atoms. The number of hydrogen-bond acceptors (Lipinski definition) is 3. The van der Waals surface area contributed by atoms with Crippen LogP contribution in [-0.2, 0) is 6.54 Å². The molecule has 6 nitrogen and oxygen atoms in total. The molecular weight excluding hydrogens is 340 g/mol. The molecule has 0 atom stereocenters. The summed E-state index contributed by atoms with van der Waals surface area (Å²) >= 11 is 0. The minimum atomic E-state index is -0.207. The van der Waals surface area contributed by atoms with Crippen LogP contribution >= 0.6 is 0 Å². The summed E-state index contributed by atoms with van der Waals surface area (Å²) in [6, 6.07) is 18.9. The zero-order chi connectivity index (χ0) is 18.6. The Balaban J connectivity index is 1.33. The highest BCUT2D eigenvalue weighted by molar-refractivity contribution is 5.93. The molecule has 27 heavy (non-hydrogen) atoms. The lowest BCUT2D eigenvalue weighted by Gasteiger charge is -2.06. The number of amides is 1. The van der Waals surface area contributed by atoms with Crippen LogP contribution in [0.15, 0.2) is 66.9 Å². The maximum atomic E-state index is 12.3. The van der Waals surface area contributed by atoms with Crippen molar-refractivity contribution in [1.82, 2.24) is 20.1 Å². The van der Waals surface area contributed by atoms with Crippen molar-refractivity contribution in [2.45, 2.75) is 13.0 Å². The molecule has 0 aliphatic heterocycles. The second kappa shape index (κ2) is 7.37. The molecule has 0 saturated carbocycles. The number of nitrogens with one attached hydrogen (secondary N) is 2. The third kappa shape index (κ3) is 3.55. The van der Waals surface area contributed by atoms with E-state index < -0.39 is 0 Å². The summed E-state index contributed by atoms with van der Waals surface area (Å²) in [5, 5.41) is 20.9.